The lowest BCUT2D eigenvalue weighted by Crippen LogP contribution is -2.49. The molecule has 2 aromatic carbocycles. The van der Waals surface area contributed by atoms with Crippen molar-refractivity contribution in [3.05, 3.63) is 53.6 Å². The van der Waals surface area contributed by atoms with E-state index in [1.54, 1.807) is 0 Å². The largest absolute Gasteiger partial charge is 0.382 e. The van der Waals surface area contributed by atoms with Crippen LogP contribution in [0.5, 0.6) is 0 Å². The fraction of sp³-hybridized carbons (Fsp3) is 0.481. The molecule has 0 radical (unpaired) electrons. The van der Waals surface area contributed by atoms with Crippen LogP contribution in [0.3, 0.4) is 0 Å². The first-order valence-electron chi connectivity index (χ1n) is 12.0. The summed E-state index contributed by atoms with van der Waals surface area (Å²) < 4.78 is 0. The van der Waals surface area contributed by atoms with Crippen molar-refractivity contribution in [1.29, 1.82) is 0 Å². The first-order valence-corrected chi connectivity index (χ1v) is 12.0. The lowest BCUT2D eigenvalue weighted by atomic mass is 9.96. The van der Waals surface area contributed by atoms with Gasteiger partial charge in [0.2, 0.25) is 5.91 Å². The highest BCUT2D eigenvalue weighted by molar-refractivity contribution is 6.00. The van der Waals surface area contributed by atoms with Gasteiger partial charge in [-0.05, 0) is 59.9 Å². The Bertz CT molecular complexity index is 961. The minimum absolute atomic E-state index is 0.0350. The van der Waals surface area contributed by atoms with Crippen molar-refractivity contribution in [1.82, 2.24) is 4.90 Å². The van der Waals surface area contributed by atoms with Crippen LogP contribution in [0.25, 0.3) is 11.1 Å². The summed E-state index contributed by atoms with van der Waals surface area (Å²) in [6, 6.07) is 14.0. The van der Waals surface area contributed by atoms with Crippen molar-refractivity contribution >= 4 is 17.5 Å². The van der Waals surface area contributed by atoms with E-state index < -0.39 is 11.9 Å². The summed E-state index contributed by atoms with van der Waals surface area (Å²) in [7, 11) is 0. The molecule has 33 heavy (non-hydrogen) atoms. The Morgan fingerprint density at radius 2 is 1.61 bits per heavy atom. The van der Waals surface area contributed by atoms with E-state index in [0.29, 0.717) is 36.9 Å². The highest BCUT2D eigenvalue weighted by Crippen LogP contribution is 2.28. The van der Waals surface area contributed by atoms with Crippen molar-refractivity contribution in [3.8, 4) is 11.1 Å². The Hall–Kier alpha value is -2.86. The first-order chi connectivity index (χ1) is 15.7. The van der Waals surface area contributed by atoms with E-state index in [-0.39, 0.29) is 11.9 Å². The van der Waals surface area contributed by atoms with Crippen LogP contribution in [0.1, 0.15) is 68.8 Å². The zero-order valence-electron chi connectivity index (χ0n) is 20.3. The zero-order chi connectivity index (χ0) is 24.1. The molecule has 3 rings (SSSR count). The minimum Gasteiger partial charge on any atom is -0.382 e. The van der Waals surface area contributed by atoms with Gasteiger partial charge in [-0.1, -0.05) is 58.0 Å². The SMILES string of the molecule is CC(C)C[C@H](N)C(=O)N1CCC(Nc2ccc(-c3ccc(C(C)C)cc3)cc2C(N)=O)CC1. The number of amides is 2. The van der Waals surface area contributed by atoms with Crippen molar-refractivity contribution in [2.75, 3.05) is 18.4 Å². The summed E-state index contributed by atoms with van der Waals surface area (Å²) in [5.41, 5.74) is 16.3. The van der Waals surface area contributed by atoms with Gasteiger partial charge in [0.15, 0.2) is 0 Å². The summed E-state index contributed by atoms with van der Waals surface area (Å²) in [6.45, 7) is 9.81. The van der Waals surface area contributed by atoms with Crippen molar-refractivity contribution in [2.45, 2.75) is 65.0 Å². The number of piperidine rings is 1. The van der Waals surface area contributed by atoms with Gasteiger partial charge in [0.1, 0.15) is 0 Å². The van der Waals surface area contributed by atoms with Gasteiger partial charge in [-0.25, -0.2) is 0 Å². The van der Waals surface area contributed by atoms with E-state index in [1.807, 2.05) is 23.1 Å². The molecule has 1 fully saturated rings. The molecule has 2 aromatic rings. The van der Waals surface area contributed by atoms with E-state index in [2.05, 4.69) is 57.3 Å². The molecule has 178 valence electrons. The van der Waals surface area contributed by atoms with Gasteiger partial charge in [0.25, 0.3) is 5.91 Å². The highest BCUT2D eigenvalue weighted by atomic mass is 16.2. The monoisotopic (exact) mass is 450 g/mol. The number of hydrogen-bond acceptors (Lipinski definition) is 4. The number of primary amides is 1. The Morgan fingerprint density at radius 3 is 2.15 bits per heavy atom. The highest BCUT2D eigenvalue weighted by Gasteiger charge is 2.27. The average Bonchev–Trinajstić information content (AvgIpc) is 2.79. The molecule has 2 amide bonds. The lowest BCUT2D eigenvalue weighted by Gasteiger charge is -2.34. The average molecular weight is 451 g/mol. The molecule has 0 unspecified atom stereocenters. The third-order valence-electron chi connectivity index (χ3n) is 6.40. The number of nitrogens with two attached hydrogens (primary N) is 2. The number of carbonyl (C=O) groups excluding carboxylic acids is 2. The van der Waals surface area contributed by atoms with E-state index in [1.165, 1.54) is 5.56 Å². The fourth-order valence-corrected chi connectivity index (χ4v) is 4.42. The molecule has 1 saturated heterocycles. The Balaban J connectivity index is 1.67. The van der Waals surface area contributed by atoms with E-state index in [4.69, 9.17) is 11.5 Å². The normalized spacial score (nSPS) is 15.7. The van der Waals surface area contributed by atoms with Crippen LogP contribution in [-0.2, 0) is 4.79 Å². The number of benzene rings is 2. The smallest absolute Gasteiger partial charge is 0.250 e. The molecule has 1 heterocycles. The third kappa shape index (κ3) is 6.35. The van der Waals surface area contributed by atoms with Gasteiger partial charge in [0, 0.05) is 24.8 Å². The second-order valence-electron chi connectivity index (χ2n) is 9.88. The summed E-state index contributed by atoms with van der Waals surface area (Å²) in [5, 5.41) is 3.48. The quantitative estimate of drug-likeness (QED) is 0.556. The molecule has 1 aliphatic heterocycles. The fourth-order valence-electron chi connectivity index (χ4n) is 4.42. The lowest BCUT2D eigenvalue weighted by molar-refractivity contribution is -0.133. The van der Waals surface area contributed by atoms with Crippen LogP contribution in [0.4, 0.5) is 5.69 Å². The molecule has 0 saturated carbocycles. The minimum atomic E-state index is -0.453. The van der Waals surface area contributed by atoms with Gasteiger partial charge in [-0.3, -0.25) is 9.59 Å². The molecule has 5 N–H and O–H groups in total. The molecule has 1 aliphatic rings. The molecular formula is C27H38N4O2. The Labute approximate surface area is 197 Å². The van der Waals surface area contributed by atoms with E-state index in [0.717, 1.165) is 29.7 Å². The van der Waals surface area contributed by atoms with Gasteiger partial charge in [0.05, 0.1) is 11.6 Å². The zero-order valence-corrected chi connectivity index (χ0v) is 20.3. The second-order valence-corrected chi connectivity index (χ2v) is 9.88. The van der Waals surface area contributed by atoms with Crippen molar-refractivity contribution in [3.63, 3.8) is 0 Å². The molecule has 0 aromatic heterocycles. The maximum absolute atomic E-state index is 12.6. The molecule has 0 bridgehead atoms. The summed E-state index contributed by atoms with van der Waals surface area (Å²) in [4.78, 5) is 26.7. The molecule has 6 heteroatoms. The van der Waals surface area contributed by atoms with Crippen LogP contribution >= 0.6 is 0 Å². The maximum Gasteiger partial charge on any atom is 0.250 e. The number of likely N-dealkylation sites (tertiary alicyclic amines) is 1. The topological polar surface area (TPSA) is 101 Å². The molecular weight excluding hydrogens is 412 g/mol. The number of anilines is 1. The summed E-state index contributed by atoms with van der Waals surface area (Å²) >= 11 is 0. The van der Waals surface area contributed by atoms with Gasteiger partial charge >= 0.3 is 0 Å². The van der Waals surface area contributed by atoms with Crippen LogP contribution in [0, 0.1) is 5.92 Å². The predicted octanol–water partition coefficient (Wildman–Crippen LogP) is 4.35. The molecule has 0 aliphatic carbocycles. The van der Waals surface area contributed by atoms with Crippen molar-refractivity contribution < 1.29 is 9.59 Å². The second kappa shape index (κ2) is 10.8. The summed E-state index contributed by atoms with van der Waals surface area (Å²) in [6.07, 6.45) is 2.30. The number of hydrogen-bond donors (Lipinski definition) is 3. The van der Waals surface area contributed by atoms with Gasteiger partial charge in [-0.2, -0.15) is 0 Å². The van der Waals surface area contributed by atoms with E-state index >= 15 is 0 Å². The van der Waals surface area contributed by atoms with Gasteiger partial charge < -0.3 is 21.7 Å². The van der Waals surface area contributed by atoms with Crippen LogP contribution in [-0.4, -0.2) is 41.9 Å². The van der Waals surface area contributed by atoms with Crippen LogP contribution in [0.15, 0.2) is 42.5 Å². The van der Waals surface area contributed by atoms with Crippen molar-refractivity contribution in [2.24, 2.45) is 17.4 Å². The standard InChI is InChI=1S/C27H38N4O2/c1-17(2)15-24(28)27(33)31-13-11-22(12-14-31)30-25-10-9-21(16-23(25)26(29)32)20-7-5-19(6-8-20)18(3)4/h5-10,16-18,22,24,30H,11-15,28H2,1-4H3,(H2,29,32)/t24-/m0/s1. The van der Waals surface area contributed by atoms with Crippen LogP contribution in [0.2, 0.25) is 0 Å². The molecule has 0 spiro atoms. The number of rotatable bonds is 8. The number of carbonyl (C=O) groups is 2. The molecule has 6 nitrogen and oxygen atoms in total. The first kappa shape index (κ1) is 24.8. The number of nitrogens with zero attached hydrogens (tertiary/aromatic N) is 1. The Morgan fingerprint density at radius 1 is 1.00 bits per heavy atom. The predicted molar refractivity (Wildman–Crippen MR) is 135 cm³/mol. The van der Waals surface area contributed by atoms with E-state index in [9.17, 15) is 9.59 Å². The molecule has 1 atom stereocenters. The number of nitrogens with one attached hydrogen (secondary N) is 1. The Kier molecular flexibility index (Phi) is 8.14. The van der Waals surface area contributed by atoms with Crippen LogP contribution < -0.4 is 16.8 Å². The third-order valence-corrected chi connectivity index (χ3v) is 6.40. The summed E-state index contributed by atoms with van der Waals surface area (Å²) in [5.74, 6) is 0.448. The van der Waals surface area contributed by atoms with Gasteiger partial charge in [-0.15, -0.1) is 0 Å². The maximum atomic E-state index is 12.6.